The molecule has 22 heavy (non-hydrogen) atoms. The minimum absolute atomic E-state index is 0.0151. The van der Waals surface area contributed by atoms with E-state index in [-0.39, 0.29) is 17.1 Å². The summed E-state index contributed by atoms with van der Waals surface area (Å²) in [5, 5.41) is 0.975. The topological polar surface area (TPSA) is 69.0 Å². The minimum atomic E-state index is -0.690. The minimum Gasteiger partial charge on any atom is -0.493 e. The number of morpholine rings is 1. The molecule has 1 saturated heterocycles. The van der Waals surface area contributed by atoms with E-state index in [1.807, 2.05) is 0 Å². The van der Waals surface area contributed by atoms with E-state index in [0.717, 1.165) is 0 Å². The first kappa shape index (κ1) is 14.9. The molecule has 0 spiro atoms. The number of carbonyl (C=O) groups is 1. The lowest BCUT2D eigenvalue weighted by Gasteiger charge is -2.26. The van der Waals surface area contributed by atoms with Gasteiger partial charge >= 0.3 is 5.63 Å². The molecule has 1 aromatic heterocycles. The summed E-state index contributed by atoms with van der Waals surface area (Å²) < 4.78 is 15.6. The predicted octanol–water partition coefficient (Wildman–Crippen LogP) is 1.93. The Morgan fingerprint density at radius 2 is 2.00 bits per heavy atom. The number of ether oxygens (including phenoxy) is 2. The molecule has 1 aliphatic heterocycles. The van der Waals surface area contributed by atoms with Crippen molar-refractivity contribution in [2.24, 2.45) is 0 Å². The molecule has 6 nitrogen and oxygen atoms in total. The zero-order chi connectivity index (χ0) is 15.7. The van der Waals surface area contributed by atoms with Crippen molar-refractivity contribution in [3.63, 3.8) is 0 Å². The van der Waals surface area contributed by atoms with Gasteiger partial charge in [-0.3, -0.25) is 4.79 Å². The summed E-state index contributed by atoms with van der Waals surface area (Å²) in [6, 6.07) is 4.67. The van der Waals surface area contributed by atoms with Gasteiger partial charge in [-0.05, 0) is 12.1 Å². The summed E-state index contributed by atoms with van der Waals surface area (Å²) in [6.45, 7) is 1.83. The lowest BCUT2D eigenvalue weighted by atomic mass is 10.1. The zero-order valence-corrected chi connectivity index (χ0v) is 12.7. The molecule has 0 bridgehead atoms. The van der Waals surface area contributed by atoms with Crippen molar-refractivity contribution >= 4 is 28.5 Å². The molecule has 1 amide bonds. The second-order valence-corrected chi connectivity index (χ2v) is 5.31. The highest BCUT2D eigenvalue weighted by Crippen LogP contribution is 2.29. The molecule has 7 heteroatoms. The molecule has 3 rings (SSSR count). The van der Waals surface area contributed by atoms with Crippen molar-refractivity contribution in [3.05, 3.63) is 39.2 Å². The van der Waals surface area contributed by atoms with E-state index < -0.39 is 5.63 Å². The highest BCUT2D eigenvalue weighted by molar-refractivity contribution is 6.31. The molecule has 0 aliphatic carbocycles. The van der Waals surface area contributed by atoms with Crippen LogP contribution in [0, 0.1) is 0 Å². The summed E-state index contributed by atoms with van der Waals surface area (Å²) in [4.78, 5) is 26.2. The lowest BCUT2D eigenvalue weighted by Crippen LogP contribution is -2.42. The van der Waals surface area contributed by atoms with Gasteiger partial charge in [0.25, 0.3) is 5.91 Å². The Hall–Kier alpha value is -2.05. The van der Waals surface area contributed by atoms with Gasteiger partial charge in [0.05, 0.1) is 20.3 Å². The smallest absolute Gasteiger partial charge is 0.349 e. The van der Waals surface area contributed by atoms with Crippen LogP contribution in [0.5, 0.6) is 5.75 Å². The number of hydrogen-bond acceptors (Lipinski definition) is 5. The van der Waals surface area contributed by atoms with Crippen molar-refractivity contribution in [2.45, 2.75) is 0 Å². The Kier molecular flexibility index (Phi) is 4.04. The molecular weight excluding hydrogens is 310 g/mol. The summed E-state index contributed by atoms with van der Waals surface area (Å²) in [5.74, 6) is -0.0112. The molecule has 0 saturated carbocycles. The number of benzene rings is 1. The second-order valence-electron chi connectivity index (χ2n) is 4.88. The van der Waals surface area contributed by atoms with Gasteiger partial charge in [0.1, 0.15) is 5.56 Å². The van der Waals surface area contributed by atoms with Gasteiger partial charge in [0, 0.05) is 29.6 Å². The van der Waals surface area contributed by atoms with Crippen molar-refractivity contribution < 1.29 is 18.7 Å². The summed E-state index contributed by atoms with van der Waals surface area (Å²) in [6.07, 6.45) is 0. The average Bonchev–Trinajstić information content (AvgIpc) is 2.54. The van der Waals surface area contributed by atoms with Crippen LogP contribution in [-0.2, 0) is 4.74 Å². The fraction of sp³-hybridized carbons (Fsp3) is 0.333. The fourth-order valence-electron chi connectivity index (χ4n) is 2.40. The average molecular weight is 324 g/mol. The third-order valence-electron chi connectivity index (χ3n) is 3.51. The van der Waals surface area contributed by atoms with E-state index in [4.69, 9.17) is 25.5 Å². The number of carbonyl (C=O) groups excluding carboxylic acids is 1. The van der Waals surface area contributed by atoms with Crippen molar-refractivity contribution in [1.82, 2.24) is 4.90 Å². The van der Waals surface area contributed by atoms with E-state index in [0.29, 0.717) is 42.5 Å². The number of methoxy groups -OCH3 is 1. The zero-order valence-electron chi connectivity index (χ0n) is 11.9. The molecular formula is C15H14ClNO5. The highest BCUT2D eigenvalue weighted by atomic mass is 35.5. The SMILES string of the molecule is COc1cc(Cl)cc2cc(C(=O)N3CCOCC3)c(=O)oc12. The third kappa shape index (κ3) is 2.67. The highest BCUT2D eigenvalue weighted by Gasteiger charge is 2.23. The van der Waals surface area contributed by atoms with Crippen LogP contribution in [0.1, 0.15) is 10.4 Å². The number of hydrogen-bond donors (Lipinski definition) is 0. The molecule has 1 fully saturated rings. The predicted molar refractivity (Wildman–Crippen MR) is 80.8 cm³/mol. The van der Waals surface area contributed by atoms with E-state index in [9.17, 15) is 9.59 Å². The molecule has 1 aromatic carbocycles. The quantitative estimate of drug-likeness (QED) is 0.790. The monoisotopic (exact) mass is 323 g/mol. The molecule has 1 aliphatic rings. The number of fused-ring (bicyclic) bond motifs is 1. The summed E-state index contributed by atoms with van der Waals surface area (Å²) in [7, 11) is 1.46. The van der Waals surface area contributed by atoms with Gasteiger partial charge in [-0.2, -0.15) is 0 Å². The first-order chi connectivity index (χ1) is 10.6. The third-order valence-corrected chi connectivity index (χ3v) is 3.73. The van der Waals surface area contributed by atoms with Gasteiger partial charge in [0.2, 0.25) is 0 Å². The Morgan fingerprint density at radius 1 is 1.27 bits per heavy atom. The molecule has 116 valence electrons. The van der Waals surface area contributed by atoms with Crippen molar-refractivity contribution in [1.29, 1.82) is 0 Å². The second kappa shape index (κ2) is 5.98. The van der Waals surface area contributed by atoms with Gasteiger partial charge in [-0.25, -0.2) is 4.79 Å². The van der Waals surface area contributed by atoms with Crippen LogP contribution in [0.3, 0.4) is 0 Å². The Morgan fingerprint density at radius 3 is 2.68 bits per heavy atom. The molecule has 0 atom stereocenters. The van der Waals surface area contributed by atoms with Crippen LogP contribution < -0.4 is 10.4 Å². The lowest BCUT2D eigenvalue weighted by molar-refractivity contribution is 0.0300. The number of nitrogens with zero attached hydrogens (tertiary/aromatic N) is 1. The number of halogens is 1. The van der Waals surface area contributed by atoms with Crippen molar-refractivity contribution in [2.75, 3.05) is 33.4 Å². The van der Waals surface area contributed by atoms with E-state index in [1.165, 1.54) is 13.2 Å². The van der Waals surface area contributed by atoms with Crippen LogP contribution >= 0.6 is 11.6 Å². The molecule has 0 radical (unpaired) electrons. The van der Waals surface area contributed by atoms with Crippen LogP contribution in [0.25, 0.3) is 11.0 Å². The van der Waals surface area contributed by atoms with Crippen molar-refractivity contribution in [3.8, 4) is 5.75 Å². The van der Waals surface area contributed by atoms with Crippen LogP contribution in [-0.4, -0.2) is 44.2 Å². The van der Waals surface area contributed by atoms with Gasteiger partial charge < -0.3 is 18.8 Å². The fourth-order valence-corrected chi connectivity index (χ4v) is 2.62. The molecule has 0 N–H and O–H groups in total. The first-order valence-corrected chi connectivity index (χ1v) is 7.16. The van der Waals surface area contributed by atoms with Gasteiger partial charge in [-0.15, -0.1) is 0 Å². The van der Waals surface area contributed by atoms with Crippen LogP contribution in [0.15, 0.2) is 27.4 Å². The van der Waals surface area contributed by atoms with Gasteiger partial charge in [-0.1, -0.05) is 11.6 Å². The molecule has 0 unspecified atom stereocenters. The maximum atomic E-state index is 12.4. The van der Waals surface area contributed by atoms with E-state index >= 15 is 0 Å². The van der Waals surface area contributed by atoms with E-state index in [2.05, 4.69) is 0 Å². The summed E-state index contributed by atoms with van der Waals surface area (Å²) >= 11 is 6.01. The van der Waals surface area contributed by atoms with Crippen LogP contribution in [0.2, 0.25) is 5.02 Å². The van der Waals surface area contributed by atoms with E-state index in [1.54, 1.807) is 17.0 Å². The number of rotatable bonds is 2. The number of amides is 1. The Labute approximate surface area is 131 Å². The summed E-state index contributed by atoms with van der Waals surface area (Å²) in [5.41, 5.74) is -0.432. The largest absolute Gasteiger partial charge is 0.493 e. The Balaban J connectivity index is 2.09. The normalized spacial score (nSPS) is 15.1. The Bertz CT molecular complexity index is 779. The molecule has 2 heterocycles. The first-order valence-electron chi connectivity index (χ1n) is 6.78. The maximum absolute atomic E-state index is 12.4. The van der Waals surface area contributed by atoms with Gasteiger partial charge in [0.15, 0.2) is 11.3 Å². The molecule has 2 aromatic rings. The van der Waals surface area contributed by atoms with Crippen LogP contribution in [0.4, 0.5) is 0 Å². The standard InChI is InChI=1S/C15H14ClNO5/c1-20-12-8-10(16)6-9-7-11(15(19)22-13(9)12)14(18)17-2-4-21-5-3-17/h6-8H,2-5H2,1H3. The maximum Gasteiger partial charge on any atom is 0.349 e.